The number of hydrogen-bond donors (Lipinski definition) is 0. The van der Waals surface area contributed by atoms with Gasteiger partial charge in [0.05, 0.1) is 17.2 Å². The van der Waals surface area contributed by atoms with Crippen molar-refractivity contribution >= 4 is 22.5 Å². The summed E-state index contributed by atoms with van der Waals surface area (Å²) >= 11 is 0. The van der Waals surface area contributed by atoms with Crippen LogP contribution in [0.3, 0.4) is 0 Å². The van der Waals surface area contributed by atoms with E-state index >= 15 is 0 Å². The Morgan fingerprint density at radius 1 is 0.949 bits per heavy atom. The molecule has 2 atom stereocenters. The van der Waals surface area contributed by atoms with Gasteiger partial charge in [-0.05, 0) is 60.4 Å². The van der Waals surface area contributed by atoms with Gasteiger partial charge in [0.15, 0.2) is 0 Å². The molecular weight excluding hydrogens is 496 g/mol. The lowest BCUT2D eigenvalue weighted by Crippen LogP contribution is -2.60. The predicted octanol–water partition coefficient (Wildman–Crippen LogP) is 6.09. The Kier molecular flexibility index (Phi) is 7.19. The van der Waals surface area contributed by atoms with Crippen molar-refractivity contribution in [3.63, 3.8) is 0 Å². The van der Waals surface area contributed by atoms with Crippen molar-refractivity contribution in [2.45, 2.75) is 38.9 Å². The molecule has 3 heterocycles. The van der Waals surface area contributed by atoms with Crippen molar-refractivity contribution < 1.29 is 8.78 Å². The first kappa shape index (κ1) is 26.5. The highest BCUT2D eigenvalue weighted by Crippen LogP contribution is 2.37. The normalized spacial score (nSPS) is 18.2. The lowest BCUT2D eigenvalue weighted by atomic mass is 9.90. The molecule has 0 amide bonds. The van der Waals surface area contributed by atoms with E-state index in [9.17, 15) is 13.6 Å². The molecule has 0 aliphatic carbocycles. The molecule has 0 N–H and O–H groups in total. The fourth-order valence-electron chi connectivity index (χ4n) is 5.68. The van der Waals surface area contributed by atoms with E-state index in [0.717, 1.165) is 16.8 Å². The largest absolute Gasteiger partial charge is 0.362 e. The van der Waals surface area contributed by atoms with Crippen LogP contribution in [-0.2, 0) is 7.05 Å². The molecule has 8 heteroatoms. The van der Waals surface area contributed by atoms with Gasteiger partial charge in [0.2, 0.25) is 5.52 Å². The highest BCUT2D eigenvalue weighted by molar-refractivity contribution is 5.89. The highest BCUT2D eigenvalue weighted by Gasteiger charge is 2.39. The third-order valence-electron chi connectivity index (χ3n) is 7.78. The lowest BCUT2D eigenvalue weighted by molar-refractivity contribution is 0.113. The topological polar surface area (TPSA) is 45.7 Å². The Hall–Kier alpha value is -4.09. The van der Waals surface area contributed by atoms with Gasteiger partial charge >= 0.3 is 0 Å². The van der Waals surface area contributed by atoms with Crippen LogP contribution >= 0.6 is 0 Å². The number of nitrogens with zero attached hydrogens (tertiary/aromatic N) is 5. The van der Waals surface area contributed by atoms with Crippen molar-refractivity contribution in [3.8, 4) is 0 Å². The number of hydrogen-bond acceptors (Lipinski definition) is 4. The number of pyridine rings is 2. The molecule has 0 radical (unpaired) electrons. The summed E-state index contributed by atoms with van der Waals surface area (Å²) in [7, 11) is 1.71. The molecule has 2 aromatic heterocycles. The van der Waals surface area contributed by atoms with Crippen LogP contribution in [0.5, 0.6) is 0 Å². The summed E-state index contributed by atoms with van der Waals surface area (Å²) in [5.74, 6) is -0.121. The molecule has 5 rings (SSSR count). The van der Waals surface area contributed by atoms with Crippen LogP contribution < -0.4 is 10.5 Å². The van der Waals surface area contributed by atoms with Crippen LogP contribution in [0.1, 0.15) is 37.9 Å². The SMILES string of the molecule is [C-]#[N+]c1ccc2c(n1)c(N1C[C@H](C)N(C(c3ccc(F)cc3)c3ccc(F)cc3)C[C@@H]1C(C)C)cc(=O)n2C. The maximum atomic E-state index is 13.9. The zero-order chi connectivity index (χ0) is 27.8. The summed E-state index contributed by atoms with van der Waals surface area (Å²) in [5, 5.41) is 0. The number of aromatic nitrogens is 2. The summed E-state index contributed by atoms with van der Waals surface area (Å²) in [6, 6.07) is 17.8. The van der Waals surface area contributed by atoms with E-state index in [1.54, 1.807) is 54.1 Å². The number of rotatable bonds is 5. The first-order valence-electron chi connectivity index (χ1n) is 13.1. The van der Waals surface area contributed by atoms with Crippen molar-refractivity contribution in [3.05, 3.63) is 111 Å². The Morgan fingerprint density at radius 3 is 2.08 bits per heavy atom. The van der Waals surface area contributed by atoms with Gasteiger partial charge in [-0.15, -0.1) is 4.98 Å². The van der Waals surface area contributed by atoms with E-state index in [1.165, 1.54) is 24.3 Å². The first-order chi connectivity index (χ1) is 18.7. The molecule has 1 fully saturated rings. The summed E-state index contributed by atoms with van der Waals surface area (Å²) < 4.78 is 29.3. The molecule has 1 saturated heterocycles. The van der Waals surface area contributed by atoms with Crippen LogP contribution in [0, 0.1) is 24.1 Å². The molecule has 39 heavy (non-hydrogen) atoms. The molecule has 6 nitrogen and oxygen atoms in total. The Balaban J connectivity index is 1.61. The van der Waals surface area contributed by atoms with E-state index in [1.807, 2.05) is 0 Å². The van der Waals surface area contributed by atoms with Gasteiger partial charge in [0, 0.05) is 38.3 Å². The van der Waals surface area contributed by atoms with Crippen molar-refractivity contribution in [1.82, 2.24) is 14.5 Å². The van der Waals surface area contributed by atoms with Gasteiger partial charge in [-0.2, -0.15) is 0 Å². The number of piperazine rings is 1. The molecule has 0 saturated carbocycles. The first-order valence-corrected chi connectivity index (χ1v) is 13.1. The van der Waals surface area contributed by atoms with Crippen LogP contribution in [-0.4, -0.2) is 39.6 Å². The summed E-state index contributed by atoms with van der Waals surface area (Å²) in [6.07, 6.45) is 0. The van der Waals surface area contributed by atoms with E-state index in [4.69, 9.17) is 6.57 Å². The maximum absolute atomic E-state index is 13.9. The highest BCUT2D eigenvalue weighted by atomic mass is 19.1. The van der Waals surface area contributed by atoms with Crippen LogP contribution in [0.4, 0.5) is 20.3 Å². The number of anilines is 1. The fourth-order valence-corrected chi connectivity index (χ4v) is 5.68. The number of halogens is 2. The average molecular weight is 528 g/mol. The molecular formula is C31H31F2N5O. The molecule has 1 aliphatic rings. The molecule has 1 aliphatic heterocycles. The third kappa shape index (κ3) is 5.02. The molecule has 0 unspecified atom stereocenters. The van der Waals surface area contributed by atoms with Crippen LogP contribution in [0.2, 0.25) is 0 Å². The molecule has 2 aromatic carbocycles. The second-order valence-electron chi connectivity index (χ2n) is 10.6. The van der Waals surface area contributed by atoms with Crippen molar-refractivity contribution in [2.24, 2.45) is 13.0 Å². The third-order valence-corrected chi connectivity index (χ3v) is 7.78. The number of aryl methyl sites for hydroxylation is 1. The minimum absolute atomic E-state index is 0.0123. The Labute approximate surface area is 226 Å². The van der Waals surface area contributed by atoms with Crippen molar-refractivity contribution in [1.29, 1.82) is 0 Å². The predicted molar refractivity (Wildman–Crippen MR) is 150 cm³/mol. The van der Waals surface area contributed by atoms with Gasteiger partial charge < -0.3 is 14.3 Å². The van der Waals surface area contributed by atoms with Gasteiger partial charge in [-0.3, -0.25) is 9.69 Å². The standard InChI is InChI=1S/C31H31F2N5O/c1-19(2)27-18-37(31(21-6-10-23(32)11-7-21)22-8-12-24(33)13-9-22)20(3)17-38(27)26-16-29(39)36(5)25-14-15-28(34-4)35-30(25)26/h6-16,19-20,27,31H,17-18H2,1-3,5H3/t20-,27+/m0/s1. The fraction of sp³-hybridized carbons (Fsp3) is 0.323. The van der Waals surface area contributed by atoms with Gasteiger partial charge in [0.1, 0.15) is 11.6 Å². The van der Waals surface area contributed by atoms with Gasteiger partial charge in [0.25, 0.3) is 11.4 Å². The van der Waals surface area contributed by atoms with E-state index < -0.39 is 0 Å². The zero-order valence-corrected chi connectivity index (χ0v) is 22.5. The van der Waals surface area contributed by atoms with E-state index in [2.05, 4.69) is 40.4 Å². The number of benzene rings is 2. The molecule has 0 bridgehead atoms. The van der Waals surface area contributed by atoms with Crippen LogP contribution in [0.15, 0.2) is 71.5 Å². The Morgan fingerprint density at radius 2 is 1.54 bits per heavy atom. The molecule has 200 valence electrons. The summed E-state index contributed by atoms with van der Waals surface area (Å²) in [6.45, 7) is 15.1. The second-order valence-corrected chi connectivity index (χ2v) is 10.6. The van der Waals surface area contributed by atoms with Crippen LogP contribution in [0.25, 0.3) is 15.9 Å². The van der Waals surface area contributed by atoms with Gasteiger partial charge in [-0.25, -0.2) is 8.78 Å². The quantitative estimate of drug-likeness (QED) is 0.295. The smallest absolute Gasteiger partial charge is 0.270 e. The summed E-state index contributed by atoms with van der Waals surface area (Å²) in [4.78, 5) is 25.7. The monoisotopic (exact) mass is 527 g/mol. The van der Waals surface area contributed by atoms with Crippen molar-refractivity contribution in [2.75, 3.05) is 18.0 Å². The second kappa shape index (κ2) is 10.6. The maximum Gasteiger partial charge on any atom is 0.270 e. The van der Waals surface area contributed by atoms with E-state index in [0.29, 0.717) is 24.1 Å². The minimum Gasteiger partial charge on any atom is -0.362 e. The number of fused-ring (bicyclic) bond motifs is 1. The van der Waals surface area contributed by atoms with Gasteiger partial charge in [-0.1, -0.05) is 44.7 Å². The molecule has 0 spiro atoms. The average Bonchev–Trinajstić information content (AvgIpc) is 2.93. The lowest BCUT2D eigenvalue weighted by Gasteiger charge is -2.50. The minimum atomic E-state index is -0.307. The summed E-state index contributed by atoms with van der Waals surface area (Å²) in [5.41, 5.74) is 3.75. The Bertz CT molecular complexity index is 1550. The zero-order valence-electron chi connectivity index (χ0n) is 22.5. The molecule has 4 aromatic rings. The van der Waals surface area contributed by atoms with E-state index in [-0.39, 0.29) is 47.1 Å².